The predicted molar refractivity (Wildman–Crippen MR) is 91.6 cm³/mol. The van der Waals surface area contributed by atoms with Crippen LogP contribution in [0.4, 0.5) is 14.7 Å². The van der Waals surface area contributed by atoms with Gasteiger partial charge in [-0.3, -0.25) is 9.78 Å². The van der Waals surface area contributed by atoms with Crippen molar-refractivity contribution in [3.8, 4) is 0 Å². The molecule has 1 aromatic carbocycles. The van der Waals surface area contributed by atoms with Gasteiger partial charge >= 0.3 is 0 Å². The first-order chi connectivity index (χ1) is 11.7. The van der Waals surface area contributed by atoms with Gasteiger partial charge in [-0.25, -0.2) is 13.5 Å². The summed E-state index contributed by atoms with van der Waals surface area (Å²) in [4.78, 5) is 21.2. The second-order valence-corrected chi connectivity index (χ2v) is 6.96. The molecule has 8 heteroatoms. The van der Waals surface area contributed by atoms with Crippen molar-refractivity contribution >= 4 is 17.0 Å². The van der Waals surface area contributed by atoms with Gasteiger partial charge < -0.3 is 4.90 Å². The van der Waals surface area contributed by atoms with E-state index in [1.54, 1.807) is 16.6 Å². The van der Waals surface area contributed by atoms with Crippen molar-refractivity contribution in [3.63, 3.8) is 0 Å². The highest BCUT2D eigenvalue weighted by molar-refractivity contribution is 5.74. The van der Waals surface area contributed by atoms with Crippen LogP contribution in [0.3, 0.4) is 0 Å². The Hall–Kier alpha value is -2.77. The number of aromatic nitrogens is 4. The first-order valence-electron chi connectivity index (χ1n) is 7.80. The van der Waals surface area contributed by atoms with E-state index in [1.807, 2.05) is 20.8 Å². The monoisotopic (exact) mass is 347 g/mol. The number of anilines is 1. The van der Waals surface area contributed by atoms with E-state index in [-0.39, 0.29) is 17.6 Å². The molecule has 1 N–H and O–H groups in total. The fraction of sp³-hybridized carbons (Fsp3) is 0.353. The fourth-order valence-electron chi connectivity index (χ4n) is 2.57. The van der Waals surface area contributed by atoms with Crippen LogP contribution in [0.5, 0.6) is 0 Å². The van der Waals surface area contributed by atoms with E-state index in [0.717, 1.165) is 12.1 Å². The number of nitrogens with zero attached hydrogens (tertiary/aromatic N) is 4. The van der Waals surface area contributed by atoms with Gasteiger partial charge in [-0.05, 0) is 38.5 Å². The van der Waals surface area contributed by atoms with Gasteiger partial charge in [-0.1, -0.05) is 6.07 Å². The molecule has 0 aliphatic carbocycles. The van der Waals surface area contributed by atoms with Crippen molar-refractivity contribution in [1.29, 1.82) is 0 Å². The number of fused-ring (bicyclic) bond motifs is 1. The van der Waals surface area contributed by atoms with E-state index in [9.17, 15) is 13.6 Å². The number of benzene rings is 1. The van der Waals surface area contributed by atoms with Gasteiger partial charge in [-0.15, -0.1) is 0 Å². The molecule has 0 amide bonds. The summed E-state index contributed by atoms with van der Waals surface area (Å²) in [6.45, 7) is 6.16. The zero-order valence-electron chi connectivity index (χ0n) is 14.5. The highest BCUT2D eigenvalue weighted by Crippen LogP contribution is 2.20. The summed E-state index contributed by atoms with van der Waals surface area (Å²) in [5.74, 6) is -1.48. The number of aromatic amines is 1. The maximum absolute atomic E-state index is 13.4. The summed E-state index contributed by atoms with van der Waals surface area (Å²) in [5.41, 5.74) is 0.405. The van der Waals surface area contributed by atoms with Crippen molar-refractivity contribution in [3.05, 3.63) is 51.9 Å². The van der Waals surface area contributed by atoms with Gasteiger partial charge in [0.05, 0.1) is 11.7 Å². The summed E-state index contributed by atoms with van der Waals surface area (Å²) >= 11 is 0. The van der Waals surface area contributed by atoms with Crippen LogP contribution in [0.1, 0.15) is 26.3 Å². The number of halogens is 2. The standard InChI is InChI=1S/C17H19F2N5O/c1-17(2,3)24-14-11(8-20-24)15(25)22-16(21-14)23(4)9-10-5-6-12(18)13(19)7-10/h5-8H,9H2,1-4H3,(H,21,22,25). The topological polar surface area (TPSA) is 66.8 Å². The van der Waals surface area contributed by atoms with Gasteiger partial charge in [0, 0.05) is 13.6 Å². The lowest BCUT2D eigenvalue weighted by molar-refractivity contribution is 0.366. The summed E-state index contributed by atoms with van der Waals surface area (Å²) < 4.78 is 28.1. The molecule has 3 rings (SSSR count). The van der Waals surface area contributed by atoms with E-state index in [0.29, 0.717) is 22.5 Å². The van der Waals surface area contributed by atoms with Crippen LogP contribution in [0, 0.1) is 11.6 Å². The fourth-order valence-corrected chi connectivity index (χ4v) is 2.57. The number of rotatable bonds is 3. The third kappa shape index (κ3) is 3.24. The summed E-state index contributed by atoms with van der Waals surface area (Å²) in [5, 5.41) is 4.66. The second-order valence-electron chi connectivity index (χ2n) is 6.96. The molecule has 0 atom stereocenters. The van der Waals surface area contributed by atoms with Crippen LogP contribution in [0.15, 0.2) is 29.2 Å². The average molecular weight is 347 g/mol. The van der Waals surface area contributed by atoms with Crippen LogP contribution < -0.4 is 10.5 Å². The van der Waals surface area contributed by atoms with E-state index in [2.05, 4.69) is 15.1 Å². The lowest BCUT2D eigenvalue weighted by Crippen LogP contribution is -2.26. The molecule has 0 bridgehead atoms. The Morgan fingerprint density at radius 2 is 1.96 bits per heavy atom. The van der Waals surface area contributed by atoms with Crippen LogP contribution in [0.2, 0.25) is 0 Å². The highest BCUT2D eigenvalue weighted by Gasteiger charge is 2.20. The molecule has 3 aromatic rings. The maximum atomic E-state index is 13.4. The largest absolute Gasteiger partial charge is 0.341 e. The zero-order chi connectivity index (χ0) is 18.4. The van der Waals surface area contributed by atoms with E-state index in [1.165, 1.54) is 12.3 Å². The molecular weight excluding hydrogens is 328 g/mol. The molecule has 2 heterocycles. The van der Waals surface area contributed by atoms with Crippen LogP contribution in [-0.2, 0) is 12.1 Å². The van der Waals surface area contributed by atoms with Crippen LogP contribution in [0.25, 0.3) is 11.0 Å². The van der Waals surface area contributed by atoms with E-state index in [4.69, 9.17) is 0 Å². The molecule has 0 aliphatic rings. The minimum atomic E-state index is -0.909. The van der Waals surface area contributed by atoms with Gasteiger partial charge in [0.15, 0.2) is 17.3 Å². The first-order valence-corrected chi connectivity index (χ1v) is 7.80. The third-order valence-electron chi connectivity index (χ3n) is 3.83. The minimum Gasteiger partial charge on any atom is -0.341 e. The Kier molecular flexibility index (Phi) is 4.06. The van der Waals surface area contributed by atoms with Gasteiger partial charge in [-0.2, -0.15) is 10.1 Å². The number of H-pyrrole nitrogens is 1. The predicted octanol–water partition coefficient (Wildman–Crippen LogP) is 2.79. The molecule has 0 radical (unpaired) electrons. The Labute approximate surface area is 143 Å². The molecule has 6 nitrogen and oxygen atoms in total. The molecule has 132 valence electrons. The highest BCUT2D eigenvalue weighted by atomic mass is 19.2. The van der Waals surface area contributed by atoms with Gasteiger partial charge in [0.1, 0.15) is 5.39 Å². The normalized spacial score (nSPS) is 11.9. The van der Waals surface area contributed by atoms with Crippen LogP contribution >= 0.6 is 0 Å². The van der Waals surface area contributed by atoms with Crippen molar-refractivity contribution < 1.29 is 8.78 Å². The first kappa shape index (κ1) is 17.1. The lowest BCUT2D eigenvalue weighted by atomic mass is 10.1. The maximum Gasteiger partial charge on any atom is 0.263 e. The van der Waals surface area contributed by atoms with Crippen molar-refractivity contribution in [2.75, 3.05) is 11.9 Å². The minimum absolute atomic E-state index is 0.259. The number of hydrogen-bond donors (Lipinski definition) is 1. The van der Waals surface area contributed by atoms with E-state index < -0.39 is 11.6 Å². The molecule has 0 unspecified atom stereocenters. The second kappa shape index (κ2) is 5.94. The molecule has 0 spiro atoms. The zero-order valence-corrected chi connectivity index (χ0v) is 14.5. The molecular formula is C17H19F2N5O. The quantitative estimate of drug-likeness (QED) is 0.791. The smallest absolute Gasteiger partial charge is 0.263 e. The molecule has 25 heavy (non-hydrogen) atoms. The molecule has 0 aliphatic heterocycles. The number of hydrogen-bond acceptors (Lipinski definition) is 4. The van der Waals surface area contributed by atoms with Crippen molar-refractivity contribution in [2.45, 2.75) is 32.9 Å². The third-order valence-corrected chi connectivity index (χ3v) is 3.83. The molecule has 2 aromatic heterocycles. The summed E-state index contributed by atoms with van der Waals surface area (Å²) in [6.07, 6.45) is 1.49. The molecule has 0 saturated heterocycles. The van der Waals surface area contributed by atoms with Crippen LogP contribution in [-0.4, -0.2) is 26.8 Å². The van der Waals surface area contributed by atoms with Gasteiger partial charge in [0.2, 0.25) is 5.95 Å². The summed E-state index contributed by atoms with van der Waals surface area (Å²) in [7, 11) is 1.71. The molecule has 0 fully saturated rings. The molecule has 0 saturated carbocycles. The lowest BCUT2D eigenvalue weighted by Gasteiger charge is -2.21. The van der Waals surface area contributed by atoms with E-state index >= 15 is 0 Å². The van der Waals surface area contributed by atoms with Crippen molar-refractivity contribution in [2.24, 2.45) is 0 Å². The Bertz CT molecular complexity index is 987. The Morgan fingerprint density at radius 1 is 1.24 bits per heavy atom. The van der Waals surface area contributed by atoms with Gasteiger partial charge in [0.25, 0.3) is 5.56 Å². The average Bonchev–Trinajstić information content (AvgIpc) is 2.95. The Balaban J connectivity index is 2.00. The SMILES string of the molecule is CN(Cc1ccc(F)c(F)c1)c1nc2c(cnn2C(C)(C)C)c(=O)[nH]1. The Morgan fingerprint density at radius 3 is 2.60 bits per heavy atom. The van der Waals surface area contributed by atoms with Crippen molar-refractivity contribution in [1.82, 2.24) is 19.7 Å². The number of nitrogens with one attached hydrogen (secondary N) is 1. The summed E-state index contributed by atoms with van der Waals surface area (Å²) in [6, 6.07) is 3.69.